The van der Waals surface area contributed by atoms with Crippen LogP contribution in [0.2, 0.25) is 0 Å². The highest BCUT2D eigenvalue weighted by molar-refractivity contribution is 5.97. The molecule has 0 spiro atoms. The molecule has 1 unspecified atom stereocenters. The molecule has 0 N–H and O–H groups in total. The summed E-state index contributed by atoms with van der Waals surface area (Å²) in [7, 11) is 0. The van der Waals surface area contributed by atoms with E-state index < -0.39 is 17.5 Å². The van der Waals surface area contributed by atoms with Crippen LogP contribution in [-0.2, 0) is 10.9 Å². The lowest BCUT2D eigenvalue weighted by Crippen LogP contribution is -2.14. The minimum absolute atomic E-state index is 0.0157. The van der Waals surface area contributed by atoms with Crippen molar-refractivity contribution in [1.29, 1.82) is 0 Å². The summed E-state index contributed by atoms with van der Waals surface area (Å²) in [6, 6.07) is 4.92. The molecule has 0 aromatic heterocycles. The van der Waals surface area contributed by atoms with Gasteiger partial charge < -0.3 is 4.74 Å². The predicted molar refractivity (Wildman–Crippen MR) is 64.0 cm³/mol. The largest absolute Gasteiger partial charge is 0.417 e. The second kappa shape index (κ2) is 5.74. The Balaban J connectivity index is 2.06. The Hall–Kier alpha value is -1.36. The normalized spacial score (nSPS) is 19.6. The first-order valence-electron chi connectivity index (χ1n) is 6.29. The Morgan fingerprint density at radius 1 is 1.32 bits per heavy atom. The first-order chi connectivity index (χ1) is 8.98. The number of hydrogen-bond acceptors (Lipinski definition) is 2. The number of carbonyl (C=O) groups is 1. The Bertz CT molecular complexity index is 448. The molecule has 19 heavy (non-hydrogen) atoms. The van der Waals surface area contributed by atoms with Crippen LogP contribution in [0.1, 0.15) is 41.6 Å². The van der Waals surface area contributed by atoms with Gasteiger partial charge in [0.25, 0.3) is 0 Å². The van der Waals surface area contributed by atoms with Crippen molar-refractivity contribution in [1.82, 2.24) is 0 Å². The van der Waals surface area contributed by atoms with Gasteiger partial charge in [-0.05, 0) is 25.3 Å². The van der Waals surface area contributed by atoms with E-state index in [1.165, 1.54) is 18.2 Å². The Kier molecular flexibility index (Phi) is 4.24. The maximum absolute atomic E-state index is 12.8. The van der Waals surface area contributed by atoms with E-state index in [-0.39, 0.29) is 18.1 Å². The molecule has 0 amide bonds. The van der Waals surface area contributed by atoms with Gasteiger partial charge in [-0.3, -0.25) is 4.79 Å². The number of carbonyl (C=O) groups excluding carboxylic acids is 1. The average Bonchev–Trinajstić information content (AvgIpc) is 2.88. The van der Waals surface area contributed by atoms with Crippen LogP contribution < -0.4 is 0 Å². The SMILES string of the molecule is O=C(CCC1CCCO1)c1ccccc1C(F)(F)F. The lowest BCUT2D eigenvalue weighted by Gasteiger charge is -2.13. The van der Waals surface area contributed by atoms with E-state index in [2.05, 4.69) is 0 Å². The van der Waals surface area contributed by atoms with Crippen molar-refractivity contribution >= 4 is 5.78 Å². The molecule has 5 heteroatoms. The molecule has 0 bridgehead atoms. The van der Waals surface area contributed by atoms with Crippen molar-refractivity contribution < 1.29 is 22.7 Å². The highest BCUT2D eigenvalue weighted by Gasteiger charge is 2.34. The molecule has 2 rings (SSSR count). The zero-order valence-corrected chi connectivity index (χ0v) is 10.4. The molecule has 0 saturated carbocycles. The smallest absolute Gasteiger partial charge is 0.378 e. The fraction of sp³-hybridized carbons (Fsp3) is 0.500. The van der Waals surface area contributed by atoms with Crippen LogP contribution in [0.25, 0.3) is 0 Å². The van der Waals surface area contributed by atoms with Gasteiger partial charge in [0.05, 0.1) is 11.7 Å². The van der Waals surface area contributed by atoms with Gasteiger partial charge in [-0.25, -0.2) is 0 Å². The summed E-state index contributed by atoms with van der Waals surface area (Å²) in [6.45, 7) is 0.679. The number of ether oxygens (including phenoxy) is 1. The summed E-state index contributed by atoms with van der Waals surface area (Å²) in [6.07, 6.45) is -2.05. The molecule has 1 aromatic rings. The molecule has 1 heterocycles. The second-order valence-electron chi connectivity index (χ2n) is 4.64. The number of ketones is 1. The Morgan fingerprint density at radius 2 is 2.05 bits per heavy atom. The Labute approximate surface area is 109 Å². The van der Waals surface area contributed by atoms with Gasteiger partial charge >= 0.3 is 6.18 Å². The number of benzene rings is 1. The number of hydrogen-bond donors (Lipinski definition) is 0. The summed E-state index contributed by atoms with van der Waals surface area (Å²) >= 11 is 0. The van der Waals surface area contributed by atoms with E-state index in [1.54, 1.807) is 0 Å². The number of halogens is 3. The van der Waals surface area contributed by atoms with Crippen molar-refractivity contribution in [2.75, 3.05) is 6.61 Å². The molecule has 0 radical (unpaired) electrons. The topological polar surface area (TPSA) is 26.3 Å². The minimum atomic E-state index is -4.49. The van der Waals surface area contributed by atoms with E-state index >= 15 is 0 Å². The second-order valence-corrected chi connectivity index (χ2v) is 4.64. The highest BCUT2D eigenvalue weighted by atomic mass is 19.4. The third-order valence-corrected chi connectivity index (χ3v) is 3.25. The molecule has 0 aliphatic carbocycles. The standard InChI is InChI=1S/C14H15F3O2/c15-14(16,17)12-6-2-1-5-11(12)13(18)8-7-10-4-3-9-19-10/h1-2,5-6,10H,3-4,7-9H2. The molecular weight excluding hydrogens is 257 g/mol. The third-order valence-electron chi connectivity index (χ3n) is 3.25. The molecule has 1 aromatic carbocycles. The lowest BCUT2D eigenvalue weighted by atomic mass is 9.98. The van der Waals surface area contributed by atoms with Crippen LogP contribution >= 0.6 is 0 Å². The van der Waals surface area contributed by atoms with Crippen molar-refractivity contribution in [3.8, 4) is 0 Å². The molecular formula is C14H15F3O2. The summed E-state index contributed by atoms with van der Waals surface area (Å²) < 4.78 is 43.7. The van der Waals surface area contributed by atoms with E-state index in [4.69, 9.17) is 4.74 Å². The van der Waals surface area contributed by atoms with Crippen LogP contribution in [0.4, 0.5) is 13.2 Å². The van der Waals surface area contributed by atoms with Crippen LogP contribution in [0.5, 0.6) is 0 Å². The quantitative estimate of drug-likeness (QED) is 0.778. The zero-order chi connectivity index (χ0) is 13.9. The van der Waals surface area contributed by atoms with Gasteiger partial charge in [0.15, 0.2) is 5.78 Å². The van der Waals surface area contributed by atoms with Crippen molar-refractivity contribution in [3.63, 3.8) is 0 Å². The fourth-order valence-corrected chi connectivity index (χ4v) is 2.27. The number of Topliss-reactive ketones (excluding diaryl/α,β-unsaturated/α-hetero) is 1. The molecule has 1 saturated heterocycles. The van der Waals surface area contributed by atoms with Crippen LogP contribution in [0, 0.1) is 0 Å². The summed E-state index contributed by atoms with van der Waals surface area (Å²) in [5, 5.41) is 0. The van der Waals surface area contributed by atoms with Crippen molar-refractivity contribution in [3.05, 3.63) is 35.4 Å². The van der Waals surface area contributed by atoms with Gasteiger partial charge in [-0.15, -0.1) is 0 Å². The fourth-order valence-electron chi connectivity index (χ4n) is 2.27. The maximum Gasteiger partial charge on any atom is 0.417 e. The van der Waals surface area contributed by atoms with Crippen LogP contribution in [0.15, 0.2) is 24.3 Å². The van der Waals surface area contributed by atoms with Gasteiger partial charge in [-0.2, -0.15) is 13.2 Å². The summed E-state index contributed by atoms with van der Waals surface area (Å²) in [4.78, 5) is 11.9. The van der Waals surface area contributed by atoms with E-state index in [0.717, 1.165) is 18.9 Å². The van der Waals surface area contributed by atoms with Crippen LogP contribution in [-0.4, -0.2) is 18.5 Å². The number of rotatable bonds is 4. The zero-order valence-electron chi connectivity index (χ0n) is 10.4. The van der Waals surface area contributed by atoms with Gasteiger partial charge in [0.1, 0.15) is 0 Å². The van der Waals surface area contributed by atoms with Gasteiger partial charge in [0.2, 0.25) is 0 Å². The van der Waals surface area contributed by atoms with Gasteiger partial charge in [0, 0.05) is 18.6 Å². The maximum atomic E-state index is 12.8. The molecule has 1 atom stereocenters. The first kappa shape index (κ1) is 14.1. The van der Waals surface area contributed by atoms with Crippen molar-refractivity contribution in [2.45, 2.75) is 38.0 Å². The van der Waals surface area contributed by atoms with Crippen LogP contribution in [0.3, 0.4) is 0 Å². The minimum Gasteiger partial charge on any atom is -0.378 e. The van der Waals surface area contributed by atoms with Gasteiger partial charge in [-0.1, -0.05) is 18.2 Å². The average molecular weight is 272 g/mol. The van der Waals surface area contributed by atoms with E-state index in [1.807, 2.05) is 0 Å². The summed E-state index contributed by atoms with van der Waals surface area (Å²) in [5.41, 5.74) is -1.10. The first-order valence-corrected chi connectivity index (χ1v) is 6.29. The van der Waals surface area contributed by atoms with E-state index in [0.29, 0.717) is 13.0 Å². The van der Waals surface area contributed by atoms with Crippen molar-refractivity contribution in [2.24, 2.45) is 0 Å². The third kappa shape index (κ3) is 3.56. The Morgan fingerprint density at radius 3 is 2.68 bits per heavy atom. The molecule has 1 fully saturated rings. The molecule has 1 aliphatic rings. The van der Waals surface area contributed by atoms with E-state index in [9.17, 15) is 18.0 Å². The lowest BCUT2D eigenvalue weighted by molar-refractivity contribution is -0.137. The molecule has 2 nitrogen and oxygen atoms in total. The molecule has 1 aliphatic heterocycles. The monoisotopic (exact) mass is 272 g/mol. The summed E-state index contributed by atoms with van der Waals surface area (Å²) in [5.74, 6) is -0.469. The highest BCUT2D eigenvalue weighted by Crippen LogP contribution is 2.32. The predicted octanol–water partition coefficient (Wildman–Crippen LogP) is 3.85. The number of alkyl halides is 3. The molecule has 104 valence electrons.